The Morgan fingerprint density at radius 3 is 2.67 bits per heavy atom. The Labute approximate surface area is 124 Å². The Hall–Kier alpha value is -2.04. The van der Waals surface area contributed by atoms with Crippen LogP contribution in [0.5, 0.6) is 0 Å². The van der Waals surface area contributed by atoms with Gasteiger partial charge in [0, 0.05) is 13.1 Å². The molecule has 1 aromatic carbocycles. The molecule has 21 heavy (non-hydrogen) atoms. The minimum atomic E-state index is 0.182. The summed E-state index contributed by atoms with van der Waals surface area (Å²) in [5, 5.41) is 0. The van der Waals surface area contributed by atoms with Gasteiger partial charge >= 0.3 is 0 Å². The van der Waals surface area contributed by atoms with Crippen LogP contribution in [0.4, 0.5) is 5.69 Å². The molecule has 2 aromatic rings. The van der Waals surface area contributed by atoms with Gasteiger partial charge in [-0.2, -0.15) is 0 Å². The summed E-state index contributed by atoms with van der Waals surface area (Å²) in [6.07, 6.45) is 4.69. The number of nitrogens with two attached hydrogens (primary N) is 1. The van der Waals surface area contributed by atoms with Gasteiger partial charge in [-0.1, -0.05) is 18.9 Å². The summed E-state index contributed by atoms with van der Waals surface area (Å²) in [6.45, 7) is 4.04. The maximum absolute atomic E-state index is 12.5. The van der Waals surface area contributed by atoms with Crippen LogP contribution in [-0.4, -0.2) is 33.4 Å². The molecule has 2 heterocycles. The highest BCUT2D eigenvalue weighted by Crippen LogP contribution is 2.22. The molecule has 0 aliphatic carbocycles. The first-order chi connectivity index (χ1) is 10.2. The fraction of sp³-hybridized carbons (Fsp3) is 0.500. The van der Waals surface area contributed by atoms with Gasteiger partial charge in [-0.15, -0.1) is 0 Å². The third kappa shape index (κ3) is 2.73. The number of hydrogen-bond donors (Lipinski definition) is 1. The van der Waals surface area contributed by atoms with Crippen LogP contribution in [-0.2, 0) is 11.3 Å². The molecule has 1 aliphatic rings. The van der Waals surface area contributed by atoms with Crippen molar-refractivity contribution in [1.82, 2.24) is 14.5 Å². The number of aromatic nitrogens is 2. The van der Waals surface area contributed by atoms with Crippen molar-refractivity contribution in [2.24, 2.45) is 0 Å². The number of rotatable bonds is 2. The second-order valence-electron chi connectivity index (χ2n) is 5.76. The van der Waals surface area contributed by atoms with Crippen molar-refractivity contribution in [2.75, 3.05) is 18.8 Å². The first-order valence-electron chi connectivity index (χ1n) is 7.66. The monoisotopic (exact) mass is 286 g/mol. The van der Waals surface area contributed by atoms with Gasteiger partial charge in [0.2, 0.25) is 5.91 Å². The minimum absolute atomic E-state index is 0.182. The number of nitrogens with zero attached hydrogens (tertiary/aromatic N) is 3. The predicted molar refractivity (Wildman–Crippen MR) is 83.9 cm³/mol. The van der Waals surface area contributed by atoms with Crippen molar-refractivity contribution in [2.45, 2.75) is 39.2 Å². The largest absolute Gasteiger partial charge is 0.397 e. The number of para-hydroxylation sites is 1. The minimum Gasteiger partial charge on any atom is -0.397 e. The van der Waals surface area contributed by atoms with Gasteiger partial charge in [0.25, 0.3) is 0 Å². The molecule has 1 amide bonds. The lowest BCUT2D eigenvalue weighted by Crippen LogP contribution is -2.34. The summed E-state index contributed by atoms with van der Waals surface area (Å²) in [5.74, 6) is 1.02. The molecule has 112 valence electrons. The number of carbonyl (C=O) groups excluding carboxylic acids is 1. The van der Waals surface area contributed by atoms with E-state index in [1.54, 1.807) is 0 Å². The molecule has 5 nitrogen and oxygen atoms in total. The van der Waals surface area contributed by atoms with Crippen LogP contribution in [0.3, 0.4) is 0 Å². The normalized spacial score (nSPS) is 16.1. The van der Waals surface area contributed by atoms with Crippen molar-refractivity contribution < 1.29 is 4.79 Å². The number of carbonyl (C=O) groups is 1. The Kier molecular flexibility index (Phi) is 3.82. The van der Waals surface area contributed by atoms with Crippen LogP contribution in [0, 0.1) is 6.92 Å². The zero-order valence-corrected chi connectivity index (χ0v) is 12.5. The Morgan fingerprint density at radius 1 is 1.24 bits per heavy atom. The van der Waals surface area contributed by atoms with E-state index in [1.165, 1.54) is 12.8 Å². The SMILES string of the molecule is Cc1nc2c(N)cccc2n1CC(=O)N1CCCCCC1. The van der Waals surface area contributed by atoms with Crippen LogP contribution < -0.4 is 5.73 Å². The second kappa shape index (κ2) is 5.76. The summed E-state index contributed by atoms with van der Waals surface area (Å²) in [4.78, 5) is 19.0. The van der Waals surface area contributed by atoms with Crippen molar-refractivity contribution in [1.29, 1.82) is 0 Å². The zero-order chi connectivity index (χ0) is 14.8. The topological polar surface area (TPSA) is 64.1 Å². The molecule has 1 fully saturated rings. The molecular formula is C16H22N4O. The molecule has 0 saturated carbocycles. The van der Waals surface area contributed by atoms with E-state index < -0.39 is 0 Å². The number of benzene rings is 1. The van der Waals surface area contributed by atoms with Crippen molar-refractivity contribution in [3.05, 3.63) is 24.0 Å². The molecule has 2 N–H and O–H groups in total. The molecule has 0 bridgehead atoms. The smallest absolute Gasteiger partial charge is 0.242 e. The highest BCUT2D eigenvalue weighted by molar-refractivity contribution is 5.89. The molecule has 1 aliphatic heterocycles. The predicted octanol–water partition coefficient (Wildman–Crippen LogP) is 2.33. The van der Waals surface area contributed by atoms with Gasteiger partial charge in [-0.3, -0.25) is 4.79 Å². The van der Waals surface area contributed by atoms with Gasteiger partial charge in [-0.25, -0.2) is 4.98 Å². The standard InChI is InChI=1S/C16H22N4O/c1-12-18-16-13(17)7-6-8-14(16)20(12)11-15(21)19-9-4-2-3-5-10-19/h6-8H,2-5,9-11,17H2,1H3. The quantitative estimate of drug-likeness (QED) is 0.862. The lowest BCUT2D eigenvalue weighted by Gasteiger charge is -2.21. The maximum Gasteiger partial charge on any atom is 0.242 e. The molecule has 0 radical (unpaired) electrons. The molecule has 0 unspecified atom stereocenters. The van der Waals surface area contributed by atoms with Crippen molar-refractivity contribution >= 4 is 22.6 Å². The van der Waals surface area contributed by atoms with Crippen LogP contribution >= 0.6 is 0 Å². The van der Waals surface area contributed by atoms with Crippen LogP contribution in [0.1, 0.15) is 31.5 Å². The number of aryl methyl sites for hydroxylation is 1. The summed E-state index contributed by atoms with van der Waals surface area (Å²) >= 11 is 0. The summed E-state index contributed by atoms with van der Waals surface area (Å²) in [7, 11) is 0. The molecule has 0 spiro atoms. The molecule has 5 heteroatoms. The van der Waals surface area contributed by atoms with E-state index in [0.29, 0.717) is 12.2 Å². The summed E-state index contributed by atoms with van der Waals surface area (Å²) in [5.41, 5.74) is 8.36. The number of nitrogen functional groups attached to an aromatic ring is 1. The van der Waals surface area contributed by atoms with Gasteiger partial charge in [0.15, 0.2) is 0 Å². The van der Waals surface area contributed by atoms with Crippen LogP contribution in [0.15, 0.2) is 18.2 Å². The van der Waals surface area contributed by atoms with E-state index in [2.05, 4.69) is 4.98 Å². The average Bonchev–Trinajstić information content (AvgIpc) is 2.68. The fourth-order valence-electron chi connectivity index (χ4n) is 3.04. The zero-order valence-electron chi connectivity index (χ0n) is 12.5. The lowest BCUT2D eigenvalue weighted by atomic mass is 10.2. The van der Waals surface area contributed by atoms with E-state index in [1.807, 2.05) is 34.6 Å². The Bertz CT molecular complexity index is 654. The highest BCUT2D eigenvalue weighted by Gasteiger charge is 2.18. The van der Waals surface area contributed by atoms with E-state index in [9.17, 15) is 4.79 Å². The van der Waals surface area contributed by atoms with Crippen molar-refractivity contribution in [3.8, 4) is 0 Å². The van der Waals surface area contributed by atoms with E-state index in [4.69, 9.17) is 5.73 Å². The molecule has 1 aromatic heterocycles. The highest BCUT2D eigenvalue weighted by atomic mass is 16.2. The summed E-state index contributed by atoms with van der Waals surface area (Å²) in [6, 6.07) is 5.73. The van der Waals surface area contributed by atoms with Crippen LogP contribution in [0.2, 0.25) is 0 Å². The number of fused-ring (bicyclic) bond motifs is 1. The second-order valence-corrected chi connectivity index (χ2v) is 5.76. The third-order valence-corrected chi connectivity index (χ3v) is 4.25. The Balaban J connectivity index is 1.85. The molecular weight excluding hydrogens is 264 g/mol. The van der Waals surface area contributed by atoms with E-state index in [0.717, 1.165) is 42.8 Å². The van der Waals surface area contributed by atoms with Gasteiger partial charge in [0.1, 0.15) is 17.9 Å². The molecule has 1 saturated heterocycles. The van der Waals surface area contributed by atoms with Gasteiger partial charge in [0.05, 0.1) is 11.2 Å². The fourth-order valence-corrected chi connectivity index (χ4v) is 3.04. The van der Waals surface area contributed by atoms with E-state index >= 15 is 0 Å². The Morgan fingerprint density at radius 2 is 1.95 bits per heavy atom. The number of likely N-dealkylation sites (tertiary alicyclic amines) is 1. The third-order valence-electron chi connectivity index (χ3n) is 4.25. The van der Waals surface area contributed by atoms with Crippen molar-refractivity contribution in [3.63, 3.8) is 0 Å². The molecule has 0 atom stereocenters. The number of anilines is 1. The van der Waals surface area contributed by atoms with Crippen LogP contribution in [0.25, 0.3) is 11.0 Å². The van der Waals surface area contributed by atoms with E-state index in [-0.39, 0.29) is 5.91 Å². The first-order valence-corrected chi connectivity index (χ1v) is 7.66. The average molecular weight is 286 g/mol. The maximum atomic E-state index is 12.5. The number of imidazole rings is 1. The number of amides is 1. The lowest BCUT2D eigenvalue weighted by molar-refractivity contribution is -0.131. The van der Waals surface area contributed by atoms with Gasteiger partial charge < -0.3 is 15.2 Å². The first kappa shape index (κ1) is 13.9. The molecule has 3 rings (SSSR count). The summed E-state index contributed by atoms with van der Waals surface area (Å²) < 4.78 is 1.97. The number of hydrogen-bond acceptors (Lipinski definition) is 3. The van der Waals surface area contributed by atoms with Gasteiger partial charge in [-0.05, 0) is 31.9 Å².